The third-order valence-electron chi connectivity index (χ3n) is 2.79. The van der Waals surface area contributed by atoms with E-state index in [0.29, 0.717) is 5.82 Å². The van der Waals surface area contributed by atoms with Gasteiger partial charge in [0.15, 0.2) is 5.82 Å². The fourth-order valence-corrected chi connectivity index (χ4v) is 3.01. The van der Waals surface area contributed by atoms with E-state index in [2.05, 4.69) is 33.8 Å². The molecule has 4 nitrogen and oxygen atoms in total. The van der Waals surface area contributed by atoms with Gasteiger partial charge in [0.2, 0.25) is 0 Å². The molecule has 2 heterocycles. The number of rotatable bonds is 1. The zero-order valence-corrected chi connectivity index (χ0v) is 10.00. The van der Waals surface area contributed by atoms with Crippen LogP contribution >= 0.6 is 11.8 Å². The summed E-state index contributed by atoms with van der Waals surface area (Å²) in [6.45, 7) is 0. The number of nitrogens with zero attached hydrogens (tertiary/aromatic N) is 2. The van der Waals surface area contributed by atoms with Gasteiger partial charge >= 0.3 is 0 Å². The van der Waals surface area contributed by atoms with E-state index in [4.69, 9.17) is 5.84 Å². The SMILES string of the molecule is NNc1cc2c(nn1)-c1ccccc1SCC2. The van der Waals surface area contributed by atoms with E-state index in [1.54, 1.807) is 0 Å². The number of nitrogens with one attached hydrogen (secondary N) is 1. The van der Waals surface area contributed by atoms with Crippen molar-refractivity contribution in [3.63, 3.8) is 0 Å². The third-order valence-corrected chi connectivity index (χ3v) is 3.87. The standard InChI is InChI=1S/C12H12N4S/c13-14-11-7-8-5-6-17-10-4-2-1-3-9(10)12(8)16-15-11/h1-4,7H,5-6,13H2,(H,14,15). The number of thioether (sulfide) groups is 1. The van der Waals surface area contributed by atoms with Gasteiger partial charge < -0.3 is 5.43 Å². The van der Waals surface area contributed by atoms with E-state index >= 15 is 0 Å². The number of aromatic nitrogens is 2. The average molecular weight is 244 g/mol. The van der Waals surface area contributed by atoms with E-state index in [0.717, 1.165) is 17.9 Å². The monoisotopic (exact) mass is 244 g/mol. The Balaban J connectivity index is 2.19. The van der Waals surface area contributed by atoms with Gasteiger partial charge in [0, 0.05) is 16.2 Å². The zero-order valence-electron chi connectivity index (χ0n) is 9.18. The molecule has 0 bridgehead atoms. The number of fused-ring (bicyclic) bond motifs is 3. The molecule has 17 heavy (non-hydrogen) atoms. The highest BCUT2D eigenvalue weighted by Gasteiger charge is 2.16. The molecule has 3 rings (SSSR count). The fourth-order valence-electron chi connectivity index (χ4n) is 1.98. The Morgan fingerprint density at radius 3 is 3.00 bits per heavy atom. The minimum atomic E-state index is 0.619. The van der Waals surface area contributed by atoms with Gasteiger partial charge in [0.05, 0.1) is 5.69 Å². The Morgan fingerprint density at radius 2 is 2.12 bits per heavy atom. The molecule has 0 aliphatic carbocycles. The summed E-state index contributed by atoms with van der Waals surface area (Å²) in [6.07, 6.45) is 0.985. The first-order valence-corrected chi connectivity index (χ1v) is 6.42. The maximum absolute atomic E-state index is 5.36. The largest absolute Gasteiger partial charge is 0.307 e. The Bertz CT molecular complexity index is 556. The fraction of sp³-hybridized carbons (Fsp3) is 0.167. The molecule has 0 saturated heterocycles. The molecular formula is C12H12N4S. The van der Waals surface area contributed by atoms with Crippen molar-refractivity contribution in [1.82, 2.24) is 10.2 Å². The number of hydrogen-bond acceptors (Lipinski definition) is 5. The third kappa shape index (κ3) is 1.87. The Labute approximate surface area is 104 Å². The number of hydrogen-bond donors (Lipinski definition) is 2. The summed E-state index contributed by atoms with van der Waals surface area (Å²) in [6, 6.07) is 10.3. The van der Waals surface area contributed by atoms with Crippen molar-refractivity contribution < 1.29 is 0 Å². The van der Waals surface area contributed by atoms with Crippen LogP contribution in [-0.4, -0.2) is 16.0 Å². The van der Waals surface area contributed by atoms with Crippen LogP contribution in [-0.2, 0) is 6.42 Å². The summed E-state index contributed by atoms with van der Waals surface area (Å²) >= 11 is 1.86. The Morgan fingerprint density at radius 1 is 1.24 bits per heavy atom. The van der Waals surface area contributed by atoms with Crippen LogP contribution in [0.3, 0.4) is 0 Å². The van der Waals surface area contributed by atoms with Crippen LogP contribution in [0.4, 0.5) is 5.82 Å². The summed E-state index contributed by atoms with van der Waals surface area (Å²) in [4.78, 5) is 1.27. The van der Waals surface area contributed by atoms with Crippen LogP contribution in [0.5, 0.6) is 0 Å². The molecule has 0 fully saturated rings. The lowest BCUT2D eigenvalue weighted by Gasteiger charge is -2.07. The molecule has 0 unspecified atom stereocenters. The quantitative estimate of drug-likeness (QED) is 0.594. The van der Waals surface area contributed by atoms with E-state index < -0.39 is 0 Å². The molecule has 1 aromatic heterocycles. The molecule has 3 N–H and O–H groups in total. The van der Waals surface area contributed by atoms with Crippen LogP contribution in [0.15, 0.2) is 35.2 Å². The van der Waals surface area contributed by atoms with E-state index in [1.807, 2.05) is 23.9 Å². The van der Waals surface area contributed by atoms with E-state index in [1.165, 1.54) is 16.0 Å². The molecule has 1 aromatic carbocycles. The minimum absolute atomic E-state index is 0.619. The first kappa shape index (κ1) is 10.6. The summed E-state index contributed by atoms with van der Waals surface area (Å²) in [5.41, 5.74) is 5.88. The van der Waals surface area contributed by atoms with Gasteiger partial charge in [-0.05, 0) is 24.1 Å². The van der Waals surface area contributed by atoms with Crippen LogP contribution < -0.4 is 11.3 Å². The lowest BCUT2D eigenvalue weighted by atomic mass is 10.1. The molecular weight excluding hydrogens is 232 g/mol. The summed E-state index contributed by atoms with van der Waals surface area (Å²) in [7, 11) is 0. The molecule has 1 aliphatic rings. The first-order valence-electron chi connectivity index (χ1n) is 5.44. The number of anilines is 1. The molecule has 1 aliphatic heterocycles. The molecule has 0 spiro atoms. The highest BCUT2D eigenvalue weighted by Crippen LogP contribution is 2.36. The van der Waals surface area contributed by atoms with Crippen molar-refractivity contribution in [2.45, 2.75) is 11.3 Å². The second-order valence-corrected chi connectivity index (χ2v) is 4.98. The number of benzene rings is 1. The lowest BCUT2D eigenvalue weighted by molar-refractivity contribution is 0.990. The summed E-state index contributed by atoms with van der Waals surface area (Å²) in [5.74, 6) is 7.03. The van der Waals surface area contributed by atoms with Crippen LogP contribution in [0.2, 0.25) is 0 Å². The molecule has 5 heteroatoms. The number of nitrogens with two attached hydrogens (primary N) is 1. The van der Waals surface area contributed by atoms with Gasteiger partial charge in [-0.2, -0.15) is 0 Å². The zero-order chi connectivity index (χ0) is 11.7. The van der Waals surface area contributed by atoms with Crippen LogP contribution in [0, 0.1) is 0 Å². The Kier molecular flexibility index (Phi) is 2.70. The van der Waals surface area contributed by atoms with Crippen molar-refractivity contribution in [1.29, 1.82) is 0 Å². The van der Waals surface area contributed by atoms with Gasteiger partial charge in [0.1, 0.15) is 0 Å². The normalized spacial score (nSPS) is 13.5. The predicted molar refractivity (Wildman–Crippen MR) is 69.7 cm³/mol. The number of hydrazine groups is 1. The number of aryl methyl sites for hydroxylation is 1. The Hall–Kier alpha value is -1.59. The molecule has 2 aromatic rings. The molecule has 86 valence electrons. The maximum atomic E-state index is 5.36. The van der Waals surface area contributed by atoms with Gasteiger partial charge in [-0.3, -0.25) is 0 Å². The van der Waals surface area contributed by atoms with Crippen LogP contribution in [0.1, 0.15) is 5.56 Å². The van der Waals surface area contributed by atoms with Crippen molar-refractivity contribution >= 4 is 17.6 Å². The van der Waals surface area contributed by atoms with Gasteiger partial charge in [0.25, 0.3) is 0 Å². The van der Waals surface area contributed by atoms with E-state index in [-0.39, 0.29) is 0 Å². The van der Waals surface area contributed by atoms with Crippen molar-refractivity contribution in [3.05, 3.63) is 35.9 Å². The summed E-state index contributed by atoms with van der Waals surface area (Å²) in [5, 5.41) is 8.34. The highest BCUT2D eigenvalue weighted by molar-refractivity contribution is 7.99. The number of nitrogen functional groups attached to an aromatic ring is 1. The maximum Gasteiger partial charge on any atom is 0.162 e. The molecule has 0 atom stereocenters. The van der Waals surface area contributed by atoms with E-state index in [9.17, 15) is 0 Å². The second kappa shape index (κ2) is 4.35. The highest BCUT2D eigenvalue weighted by atomic mass is 32.2. The summed E-state index contributed by atoms with van der Waals surface area (Å²) < 4.78 is 0. The van der Waals surface area contributed by atoms with Crippen molar-refractivity contribution in [2.24, 2.45) is 5.84 Å². The van der Waals surface area contributed by atoms with Gasteiger partial charge in [-0.1, -0.05) is 18.2 Å². The molecule has 0 saturated carbocycles. The molecule has 0 radical (unpaired) electrons. The topological polar surface area (TPSA) is 63.8 Å². The lowest BCUT2D eigenvalue weighted by Crippen LogP contribution is -2.10. The van der Waals surface area contributed by atoms with Gasteiger partial charge in [-0.15, -0.1) is 22.0 Å². The smallest absolute Gasteiger partial charge is 0.162 e. The second-order valence-electron chi connectivity index (χ2n) is 3.84. The molecule has 0 amide bonds. The van der Waals surface area contributed by atoms with Crippen molar-refractivity contribution in [2.75, 3.05) is 11.2 Å². The average Bonchev–Trinajstić information content (AvgIpc) is 2.57. The predicted octanol–water partition coefficient (Wildman–Crippen LogP) is 2.08. The van der Waals surface area contributed by atoms with Gasteiger partial charge in [-0.25, -0.2) is 5.84 Å². The first-order chi connectivity index (χ1) is 8.38. The van der Waals surface area contributed by atoms with Crippen molar-refractivity contribution in [3.8, 4) is 11.3 Å². The van der Waals surface area contributed by atoms with Crippen LogP contribution in [0.25, 0.3) is 11.3 Å². The minimum Gasteiger partial charge on any atom is -0.307 e.